The van der Waals surface area contributed by atoms with Crippen LogP contribution in [0.4, 0.5) is 14.0 Å². The topological polar surface area (TPSA) is 145 Å². The van der Waals surface area contributed by atoms with Crippen LogP contribution in [0, 0.1) is 17.1 Å². The van der Waals surface area contributed by atoms with Crippen molar-refractivity contribution in [3.8, 4) is 0 Å². The van der Waals surface area contributed by atoms with Crippen LogP contribution in [0.25, 0.3) is 5.57 Å². The molecule has 0 unspecified atom stereocenters. The Balaban J connectivity index is 1.54. The summed E-state index contributed by atoms with van der Waals surface area (Å²) in [6.07, 6.45) is 3.29. The zero-order chi connectivity index (χ0) is 26.1. The predicted octanol–water partition coefficient (Wildman–Crippen LogP) is 2.44. The van der Waals surface area contributed by atoms with E-state index in [2.05, 4.69) is 10.3 Å². The quantitative estimate of drug-likeness (QED) is 0.332. The average molecular weight is 504 g/mol. The maximum absolute atomic E-state index is 15.1. The number of ether oxygens (including phenoxy) is 2. The van der Waals surface area contributed by atoms with Gasteiger partial charge in [-0.3, -0.25) is 10.7 Å². The van der Waals surface area contributed by atoms with Gasteiger partial charge in [-0.1, -0.05) is 25.1 Å². The number of piperidine rings is 1. The summed E-state index contributed by atoms with van der Waals surface area (Å²) in [6, 6.07) is 5.28. The summed E-state index contributed by atoms with van der Waals surface area (Å²) >= 11 is 0. The van der Waals surface area contributed by atoms with Gasteiger partial charge in [-0.2, -0.15) is 0 Å². The van der Waals surface area contributed by atoms with Crippen molar-refractivity contribution in [2.24, 2.45) is 16.6 Å². The normalized spacial score (nSPS) is 16.1. The molecule has 2 aliphatic rings. The number of urea groups is 1. The van der Waals surface area contributed by atoms with Gasteiger partial charge < -0.3 is 30.3 Å². The summed E-state index contributed by atoms with van der Waals surface area (Å²) in [7, 11) is 1.82. The van der Waals surface area contributed by atoms with E-state index in [1.807, 2.05) is 29.1 Å². The van der Waals surface area contributed by atoms with Crippen molar-refractivity contribution in [2.75, 3.05) is 39.8 Å². The van der Waals surface area contributed by atoms with Gasteiger partial charge in [0.15, 0.2) is 5.96 Å². The lowest BCUT2D eigenvalue weighted by molar-refractivity contribution is 0.132. The van der Waals surface area contributed by atoms with E-state index in [1.54, 1.807) is 18.3 Å². The zero-order valence-corrected chi connectivity index (χ0v) is 20.7. The smallest absolute Gasteiger partial charge is 0.414 e. The van der Waals surface area contributed by atoms with Crippen molar-refractivity contribution in [2.45, 2.75) is 32.8 Å². The highest BCUT2D eigenvalue weighted by molar-refractivity contribution is 5.91. The molecule has 5 N–H and O–H groups in total. The lowest BCUT2D eigenvalue weighted by Gasteiger charge is -2.33. The number of amides is 3. The molecule has 11 nitrogen and oxygen atoms in total. The first-order valence-corrected chi connectivity index (χ1v) is 12.0. The number of hydrogen-bond donors (Lipinski definition) is 4. The molecule has 0 radical (unpaired) electrons. The van der Waals surface area contributed by atoms with Crippen LogP contribution in [0.5, 0.6) is 0 Å². The van der Waals surface area contributed by atoms with Crippen molar-refractivity contribution in [1.82, 2.24) is 20.4 Å². The highest BCUT2D eigenvalue weighted by Crippen LogP contribution is 2.25. The number of carbonyl (C=O) groups excluding carboxylic acids is 2. The molecule has 2 aliphatic heterocycles. The lowest BCUT2D eigenvalue weighted by Crippen LogP contribution is -2.45. The van der Waals surface area contributed by atoms with E-state index in [1.165, 1.54) is 6.07 Å². The molecule has 1 aromatic rings. The number of nitrogens with zero attached hydrogens (tertiary/aromatic N) is 3. The second-order valence-electron chi connectivity index (χ2n) is 8.79. The maximum atomic E-state index is 15.1. The number of amidine groups is 1. The van der Waals surface area contributed by atoms with Gasteiger partial charge >= 0.3 is 12.1 Å². The minimum absolute atomic E-state index is 0.00698. The second-order valence-corrected chi connectivity index (χ2v) is 8.79. The molecule has 3 amide bonds. The molecule has 3 rings (SSSR count). The van der Waals surface area contributed by atoms with Crippen molar-refractivity contribution in [3.63, 3.8) is 0 Å². The van der Waals surface area contributed by atoms with E-state index in [0.717, 1.165) is 19.3 Å². The van der Waals surface area contributed by atoms with Gasteiger partial charge in [0, 0.05) is 56.1 Å². The Hall–Kier alpha value is -3.83. The fourth-order valence-corrected chi connectivity index (χ4v) is 3.97. The largest absolute Gasteiger partial charge is 0.465 e. The van der Waals surface area contributed by atoms with Crippen LogP contribution in [0.3, 0.4) is 0 Å². The number of likely N-dealkylation sites (tertiary alicyclic amines) is 1. The van der Waals surface area contributed by atoms with Crippen molar-refractivity contribution >= 4 is 29.7 Å². The summed E-state index contributed by atoms with van der Waals surface area (Å²) in [5.74, 6) is -0.737. The molecule has 0 bridgehead atoms. The van der Waals surface area contributed by atoms with Gasteiger partial charge in [-0.15, -0.1) is 0 Å². The van der Waals surface area contributed by atoms with E-state index in [0.29, 0.717) is 55.9 Å². The molecular weight excluding hydrogens is 469 g/mol. The highest BCUT2D eigenvalue weighted by atomic mass is 19.1. The van der Waals surface area contributed by atoms with Crippen LogP contribution in [-0.2, 0) is 16.1 Å². The third-order valence-electron chi connectivity index (χ3n) is 5.96. The number of guanidine groups is 1. The number of nitrogens with two attached hydrogens (primary N) is 1. The molecule has 2 heterocycles. The Kier molecular flexibility index (Phi) is 9.48. The third-order valence-corrected chi connectivity index (χ3v) is 5.96. The Morgan fingerprint density at radius 3 is 2.72 bits per heavy atom. The van der Waals surface area contributed by atoms with E-state index in [-0.39, 0.29) is 18.2 Å². The predicted molar refractivity (Wildman–Crippen MR) is 134 cm³/mol. The Bertz CT molecular complexity index is 1020. The zero-order valence-electron chi connectivity index (χ0n) is 20.7. The van der Waals surface area contributed by atoms with Crippen LogP contribution < -0.4 is 16.4 Å². The molecule has 1 saturated heterocycles. The number of nitrogens with one attached hydrogen (secondary N) is 3. The van der Waals surface area contributed by atoms with Crippen molar-refractivity contribution in [1.29, 1.82) is 5.41 Å². The van der Waals surface area contributed by atoms with E-state index < -0.39 is 17.9 Å². The second kappa shape index (κ2) is 12.8. The van der Waals surface area contributed by atoms with Gasteiger partial charge in [-0.25, -0.2) is 19.0 Å². The van der Waals surface area contributed by atoms with Gasteiger partial charge in [0.2, 0.25) is 0 Å². The number of benzene rings is 1. The van der Waals surface area contributed by atoms with E-state index in [9.17, 15) is 9.59 Å². The molecule has 196 valence electrons. The molecule has 0 aromatic heterocycles. The maximum Gasteiger partial charge on any atom is 0.414 e. The molecule has 1 aromatic carbocycles. The SMILES string of the molecule is CCCNC(=O)N1CCC(COC2=NC=C(c3cccc(COC(=O)NC(=N)N)c3F)CN2C)CC1. The van der Waals surface area contributed by atoms with Gasteiger partial charge in [0.25, 0.3) is 6.02 Å². The molecule has 0 saturated carbocycles. The molecule has 12 heteroatoms. The Morgan fingerprint density at radius 2 is 2.06 bits per heavy atom. The average Bonchev–Trinajstić information content (AvgIpc) is 2.86. The van der Waals surface area contributed by atoms with Gasteiger partial charge in [0.05, 0.1) is 6.61 Å². The Labute approximate surface area is 210 Å². The first-order chi connectivity index (χ1) is 17.3. The standard InChI is InChI=1S/C24H34FN7O4/c1-3-9-28-22(33)32-10-7-16(8-11-32)14-35-23-29-12-18(13-31(23)2)19-6-4-5-17(20(19)25)15-36-24(34)30-21(26)27/h4-6,12,16H,3,7-11,13-15H2,1-2H3,(H,28,33)(H4,26,27,30,34). The highest BCUT2D eigenvalue weighted by Gasteiger charge is 2.25. The number of aliphatic imine (C=N–C) groups is 1. The van der Waals surface area contributed by atoms with E-state index in [4.69, 9.17) is 20.6 Å². The number of rotatable bonds is 7. The summed E-state index contributed by atoms with van der Waals surface area (Å²) in [5.41, 5.74) is 6.28. The third kappa shape index (κ3) is 7.33. The van der Waals surface area contributed by atoms with Crippen molar-refractivity contribution < 1.29 is 23.5 Å². The molecule has 0 atom stereocenters. The van der Waals surface area contributed by atoms with Crippen LogP contribution in [-0.4, -0.2) is 73.7 Å². The monoisotopic (exact) mass is 503 g/mol. The molecular formula is C24H34FN7O4. The lowest BCUT2D eigenvalue weighted by atomic mass is 9.98. The number of alkyl carbamates (subject to hydrolysis) is 1. The molecule has 1 fully saturated rings. The van der Waals surface area contributed by atoms with Gasteiger partial charge in [0.1, 0.15) is 12.4 Å². The van der Waals surface area contributed by atoms with Crippen LogP contribution in [0.2, 0.25) is 0 Å². The minimum atomic E-state index is -0.930. The Morgan fingerprint density at radius 1 is 1.31 bits per heavy atom. The molecule has 36 heavy (non-hydrogen) atoms. The summed E-state index contributed by atoms with van der Waals surface area (Å²) < 4.78 is 26.0. The number of likely N-dealkylation sites (N-methyl/N-ethyl adjacent to an activating group) is 1. The molecule has 0 aliphatic carbocycles. The first kappa shape index (κ1) is 26.8. The number of carbonyl (C=O) groups is 2. The number of halogens is 1. The fraction of sp³-hybridized carbons (Fsp3) is 0.500. The van der Waals surface area contributed by atoms with Crippen LogP contribution in [0.1, 0.15) is 37.3 Å². The minimum Gasteiger partial charge on any atom is -0.465 e. The first-order valence-electron chi connectivity index (χ1n) is 12.0. The molecule has 0 spiro atoms. The summed E-state index contributed by atoms with van der Waals surface area (Å²) in [4.78, 5) is 31.7. The van der Waals surface area contributed by atoms with E-state index >= 15 is 4.39 Å². The summed E-state index contributed by atoms with van der Waals surface area (Å²) in [5, 5.41) is 11.9. The number of hydrogen-bond acceptors (Lipinski definition) is 7. The fourth-order valence-electron chi connectivity index (χ4n) is 3.97. The van der Waals surface area contributed by atoms with Gasteiger partial charge in [-0.05, 0) is 25.2 Å². The summed E-state index contributed by atoms with van der Waals surface area (Å²) in [6.45, 7) is 4.69. The van der Waals surface area contributed by atoms with Crippen LogP contribution in [0.15, 0.2) is 29.4 Å². The van der Waals surface area contributed by atoms with Crippen LogP contribution >= 0.6 is 0 Å². The van der Waals surface area contributed by atoms with Crippen molar-refractivity contribution in [3.05, 3.63) is 41.3 Å².